The van der Waals surface area contributed by atoms with Crippen molar-refractivity contribution < 1.29 is 19.1 Å². The molecule has 2 heterocycles. The predicted molar refractivity (Wildman–Crippen MR) is 110 cm³/mol. The van der Waals surface area contributed by atoms with Crippen LogP contribution in [0.15, 0.2) is 42.7 Å². The van der Waals surface area contributed by atoms with Gasteiger partial charge in [-0.05, 0) is 31.0 Å². The molecule has 0 aliphatic carbocycles. The minimum atomic E-state index is -0.695. The minimum Gasteiger partial charge on any atom is -0.452 e. The predicted octanol–water partition coefficient (Wildman–Crippen LogP) is 2.22. The number of benzene rings is 1. The van der Waals surface area contributed by atoms with E-state index in [-0.39, 0.29) is 11.5 Å². The molecule has 0 bridgehead atoms. The van der Waals surface area contributed by atoms with Gasteiger partial charge in [-0.3, -0.25) is 9.59 Å². The Morgan fingerprint density at radius 3 is 2.70 bits per heavy atom. The maximum atomic E-state index is 12.5. The first-order chi connectivity index (χ1) is 14.4. The van der Waals surface area contributed by atoms with Gasteiger partial charge in [0.2, 0.25) is 0 Å². The van der Waals surface area contributed by atoms with Crippen LogP contribution in [0.2, 0.25) is 0 Å². The molecule has 1 aromatic carbocycles. The minimum absolute atomic E-state index is 0.205. The molecule has 2 amide bonds. The molecule has 0 fully saturated rings. The number of fused-ring (bicyclic) bond motifs is 1. The average Bonchev–Trinajstić information content (AvgIpc) is 3.06. The number of ether oxygens (including phenoxy) is 1. The number of rotatable bonds is 7. The van der Waals surface area contributed by atoms with Crippen LogP contribution < -0.4 is 10.6 Å². The molecule has 2 N–H and O–H groups in total. The Kier molecular flexibility index (Phi) is 6.41. The van der Waals surface area contributed by atoms with Gasteiger partial charge in [-0.1, -0.05) is 26.0 Å². The first kappa shape index (κ1) is 21.0. The second-order valence-electron chi connectivity index (χ2n) is 7.12. The van der Waals surface area contributed by atoms with Crippen molar-refractivity contribution in [3.05, 3.63) is 59.5 Å². The number of carbonyl (C=O) groups excluding carboxylic acids is 3. The van der Waals surface area contributed by atoms with Crippen molar-refractivity contribution in [1.82, 2.24) is 19.9 Å². The topological polar surface area (TPSA) is 115 Å². The van der Waals surface area contributed by atoms with E-state index >= 15 is 0 Å². The zero-order valence-corrected chi connectivity index (χ0v) is 17.0. The largest absolute Gasteiger partial charge is 0.452 e. The van der Waals surface area contributed by atoms with Crippen molar-refractivity contribution in [1.29, 1.82) is 0 Å². The summed E-state index contributed by atoms with van der Waals surface area (Å²) in [5, 5.41) is 9.63. The lowest BCUT2D eigenvalue weighted by atomic mass is 10.1. The summed E-state index contributed by atoms with van der Waals surface area (Å²) in [5.41, 5.74) is 1.69. The van der Waals surface area contributed by atoms with Crippen molar-refractivity contribution in [2.75, 3.05) is 18.5 Å². The highest BCUT2D eigenvalue weighted by Crippen LogP contribution is 2.16. The van der Waals surface area contributed by atoms with Gasteiger partial charge >= 0.3 is 5.97 Å². The Balaban J connectivity index is 1.64. The summed E-state index contributed by atoms with van der Waals surface area (Å²) < 4.78 is 6.61. The lowest BCUT2D eigenvalue weighted by molar-refractivity contribution is -0.119. The molecule has 0 aliphatic rings. The van der Waals surface area contributed by atoms with E-state index in [9.17, 15) is 14.4 Å². The number of aryl methyl sites for hydroxylation is 1. The lowest BCUT2D eigenvalue weighted by Crippen LogP contribution is -2.29. The van der Waals surface area contributed by atoms with Gasteiger partial charge in [-0.15, -0.1) is 0 Å². The first-order valence-corrected chi connectivity index (χ1v) is 9.51. The van der Waals surface area contributed by atoms with Crippen LogP contribution in [-0.4, -0.2) is 45.5 Å². The van der Waals surface area contributed by atoms with Crippen LogP contribution in [0.25, 0.3) is 5.65 Å². The molecule has 0 unspecified atom stereocenters. The monoisotopic (exact) mass is 409 g/mol. The number of esters is 1. The molecule has 30 heavy (non-hydrogen) atoms. The molecular formula is C21H23N5O4. The molecule has 0 spiro atoms. The highest BCUT2D eigenvalue weighted by Gasteiger charge is 2.21. The Bertz CT molecular complexity index is 1090. The SMILES string of the molecule is Cc1nn2cccnc2c1C(=O)OCC(=O)Nc1ccccc1C(=O)NCC(C)C. The van der Waals surface area contributed by atoms with E-state index in [4.69, 9.17) is 4.74 Å². The number of para-hydroxylation sites is 1. The van der Waals surface area contributed by atoms with Crippen molar-refractivity contribution in [3.8, 4) is 0 Å². The van der Waals surface area contributed by atoms with Crippen LogP contribution in [0.4, 0.5) is 5.69 Å². The summed E-state index contributed by atoms with van der Waals surface area (Å²) in [7, 11) is 0. The van der Waals surface area contributed by atoms with Gasteiger partial charge in [0.15, 0.2) is 12.3 Å². The second-order valence-corrected chi connectivity index (χ2v) is 7.12. The Morgan fingerprint density at radius 1 is 1.17 bits per heavy atom. The molecule has 9 heteroatoms. The van der Waals surface area contributed by atoms with E-state index in [1.54, 1.807) is 49.6 Å². The van der Waals surface area contributed by atoms with Gasteiger partial charge < -0.3 is 15.4 Å². The molecule has 3 aromatic rings. The fourth-order valence-corrected chi connectivity index (χ4v) is 2.81. The summed E-state index contributed by atoms with van der Waals surface area (Å²) in [6, 6.07) is 8.33. The molecule has 0 saturated carbocycles. The van der Waals surface area contributed by atoms with E-state index in [1.165, 1.54) is 4.52 Å². The van der Waals surface area contributed by atoms with E-state index < -0.39 is 18.5 Å². The number of aromatic nitrogens is 3. The quantitative estimate of drug-likeness (QED) is 0.578. The highest BCUT2D eigenvalue weighted by atomic mass is 16.5. The molecule has 156 valence electrons. The summed E-state index contributed by atoms with van der Waals surface area (Å²) in [6.45, 7) is 5.65. The Labute approximate surface area is 173 Å². The fourth-order valence-electron chi connectivity index (χ4n) is 2.81. The van der Waals surface area contributed by atoms with Crippen molar-refractivity contribution >= 4 is 29.1 Å². The van der Waals surface area contributed by atoms with Crippen LogP contribution in [0.5, 0.6) is 0 Å². The molecule has 3 rings (SSSR count). The third-order valence-electron chi connectivity index (χ3n) is 4.23. The van der Waals surface area contributed by atoms with Crippen LogP contribution >= 0.6 is 0 Å². The molecular weight excluding hydrogens is 386 g/mol. The third-order valence-corrected chi connectivity index (χ3v) is 4.23. The number of amides is 2. The maximum Gasteiger partial charge on any atom is 0.344 e. The fraction of sp³-hybridized carbons (Fsp3) is 0.286. The van der Waals surface area contributed by atoms with Crippen LogP contribution in [-0.2, 0) is 9.53 Å². The van der Waals surface area contributed by atoms with Crippen molar-refractivity contribution in [2.24, 2.45) is 5.92 Å². The number of hydrogen-bond acceptors (Lipinski definition) is 6. The number of carbonyl (C=O) groups is 3. The molecule has 0 aliphatic heterocycles. The Morgan fingerprint density at radius 2 is 1.93 bits per heavy atom. The van der Waals surface area contributed by atoms with Gasteiger partial charge in [-0.25, -0.2) is 14.3 Å². The van der Waals surface area contributed by atoms with E-state index in [1.807, 2.05) is 13.8 Å². The number of nitrogens with zero attached hydrogens (tertiary/aromatic N) is 3. The lowest BCUT2D eigenvalue weighted by Gasteiger charge is -2.12. The summed E-state index contributed by atoms with van der Waals surface area (Å²) in [5.74, 6) is -1.24. The van der Waals surface area contributed by atoms with E-state index in [0.717, 1.165) is 0 Å². The van der Waals surface area contributed by atoms with E-state index in [2.05, 4.69) is 20.7 Å². The maximum absolute atomic E-state index is 12.5. The van der Waals surface area contributed by atoms with Crippen molar-refractivity contribution in [2.45, 2.75) is 20.8 Å². The van der Waals surface area contributed by atoms with Gasteiger partial charge in [0.25, 0.3) is 11.8 Å². The van der Waals surface area contributed by atoms with Crippen molar-refractivity contribution in [3.63, 3.8) is 0 Å². The summed E-state index contributed by atoms with van der Waals surface area (Å²) >= 11 is 0. The van der Waals surface area contributed by atoms with Crippen LogP contribution in [0.1, 0.15) is 40.3 Å². The molecule has 2 aromatic heterocycles. The first-order valence-electron chi connectivity index (χ1n) is 9.51. The number of anilines is 1. The second kappa shape index (κ2) is 9.17. The van der Waals surface area contributed by atoms with Gasteiger partial charge in [-0.2, -0.15) is 5.10 Å². The van der Waals surface area contributed by atoms with Gasteiger partial charge in [0.05, 0.1) is 16.9 Å². The summed E-state index contributed by atoms with van der Waals surface area (Å²) in [6.07, 6.45) is 3.21. The molecule has 0 radical (unpaired) electrons. The number of nitrogens with one attached hydrogen (secondary N) is 2. The third kappa shape index (κ3) is 4.80. The molecule has 0 atom stereocenters. The molecule has 0 saturated heterocycles. The van der Waals surface area contributed by atoms with E-state index in [0.29, 0.717) is 35.1 Å². The average molecular weight is 409 g/mol. The van der Waals surface area contributed by atoms with Crippen LogP contribution in [0, 0.1) is 12.8 Å². The summed E-state index contributed by atoms with van der Waals surface area (Å²) in [4.78, 5) is 41.3. The Hall–Kier alpha value is -3.75. The van der Waals surface area contributed by atoms with Gasteiger partial charge in [0, 0.05) is 18.9 Å². The number of hydrogen-bond donors (Lipinski definition) is 2. The zero-order chi connectivity index (χ0) is 21.7. The zero-order valence-electron chi connectivity index (χ0n) is 17.0. The smallest absolute Gasteiger partial charge is 0.344 e. The van der Waals surface area contributed by atoms with Crippen LogP contribution in [0.3, 0.4) is 0 Å². The highest BCUT2D eigenvalue weighted by molar-refractivity contribution is 6.04. The van der Waals surface area contributed by atoms with Gasteiger partial charge in [0.1, 0.15) is 5.56 Å². The normalized spacial score (nSPS) is 10.8. The molecule has 9 nitrogen and oxygen atoms in total. The standard InChI is InChI=1S/C21H23N5O4/c1-13(2)11-23-20(28)15-7-4-5-8-16(15)24-17(27)12-30-21(29)18-14(3)25-26-10-6-9-22-19(18)26/h4-10,13H,11-12H2,1-3H3,(H,23,28)(H,24,27).